The van der Waals surface area contributed by atoms with E-state index in [1.807, 2.05) is 39.2 Å². The maximum atomic E-state index is 13.6. The Morgan fingerprint density at radius 3 is 1.78 bits per heavy atom. The molecule has 0 fully saturated rings. The van der Waals surface area contributed by atoms with Gasteiger partial charge in [-0.1, -0.05) is 28.6 Å². The average molecular weight is 508 g/mol. The topological polar surface area (TPSA) is 95.7 Å². The predicted octanol–water partition coefficient (Wildman–Crippen LogP) is -9.07. The molecule has 180 valence electrons. The van der Waals surface area contributed by atoms with Crippen LogP contribution in [-0.4, -0.2) is 77.0 Å². The third-order valence-corrected chi connectivity index (χ3v) is 9.20. The van der Waals surface area contributed by atoms with E-state index in [1.54, 1.807) is 0 Å². The van der Waals surface area contributed by atoms with Gasteiger partial charge in [0.1, 0.15) is 54.9 Å². The SMILES string of the molecule is Bc1c(B)c(B)c(C(B)(B)S(=O)(=O)OC2=C(N)O[C@@](B)(c3ccc(C(F)(F)F)cc3)C2=O)c(B)c1B. The Morgan fingerprint density at radius 2 is 1.33 bits per heavy atom. The molecule has 3 rings (SSSR count). The minimum Gasteiger partial charge on any atom is -0.467 e. The number of hydrogen-bond acceptors (Lipinski definition) is 6. The molecule has 1 aliphatic heterocycles. The first kappa shape index (κ1) is 28.1. The van der Waals surface area contributed by atoms with Gasteiger partial charge in [0.15, 0.2) is 13.3 Å². The summed E-state index contributed by atoms with van der Waals surface area (Å²) in [4.78, 5) is 13.3. The fourth-order valence-electron chi connectivity index (χ4n) is 4.63. The molecule has 0 unspecified atom stereocenters. The summed E-state index contributed by atoms with van der Waals surface area (Å²) in [6, 6.07) is 3.78. The molecule has 0 radical (unpaired) electrons. The Morgan fingerprint density at radius 1 is 0.889 bits per heavy atom. The second kappa shape index (κ2) is 8.82. The van der Waals surface area contributed by atoms with Crippen molar-refractivity contribution in [3.63, 3.8) is 0 Å². The van der Waals surface area contributed by atoms with Gasteiger partial charge in [-0.15, -0.1) is 16.4 Å². The molecular formula is C18H22B8F3NO5S. The lowest BCUT2D eigenvalue weighted by Crippen LogP contribution is -2.60. The highest BCUT2D eigenvalue weighted by Crippen LogP contribution is 2.38. The molecule has 2 aromatic carbocycles. The fraction of sp³-hybridized carbons (Fsp3) is 0.167. The lowest BCUT2D eigenvalue weighted by atomic mass is 9.53. The average Bonchev–Trinajstić information content (AvgIpc) is 2.99. The van der Waals surface area contributed by atoms with Crippen LogP contribution in [0.5, 0.6) is 0 Å². The normalized spacial score (nSPS) is 18.8. The first-order valence-corrected chi connectivity index (χ1v) is 12.6. The van der Waals surface area contributed by atoms with Gasteiger partial charge in [-0.05, 0) is 17.7 Å². The quantitative estimate of drug-likeness (QED) is 0.319. The second-order valence-electron chi connectivity index (χ2n) is 9.78. The van der Waals surface area contributed by atoms with Crippen LogP contribution >= 0.6 is 0 Å². The maximum absolute atomic E-state index is 13.6. The molecule has 1 atom stereocenters. The molecule has 36 heavy (non-hydrogen) atoms. The van der Waals surface area contributed by atoms with Gasteiger partial charge in [0.05, 0.1) is 10.1 Å². The van der Waals surface area contributed by atoms with E-state index in [0.717, 1.165) is 51.6 Å². The van der Waals surface area contributed by atoms with Gasteiger partial charge >= 0.3 is 16.3 Å². The Bertz CT molecular complexity index is 1380. The summed E-state index contributed by atoms with van der Waals surface area (Å²) in [5.41, 5.74) is 8.26. The number of rotatable bonds is 5. The van der Waals surface area contributed by atoms with E-state index >= 15 is 0 Å². The number of benzene rings is 2. The minimum atomic E-state index is -4.56. The summed E-state index contributed by atoms with van der Waals surface area (Å²) >= 11 is 0. The van der Waals surface area contributed by atoms with Crippen LogP contribution in [0.3, 0.4) is 0 Å². The molecule has 2 N–H and O–H groups in total. The lowest BCUT2D eigenvalue weighted by Gasteiger charge is -2.32. The van der Waals surface area contributed by atoms with E-state index in [2.05, 4.69) is 0 Å². The monoisotopic (exact) mass is 509 g/mol. The second-order valence-corrected chi connectivity index (χ2v) is 11.9. The van der Waals surface area contributed by atoms with Crippen molar-refractivity contribution in [2.24, 2.45) is 5.73 Å². The summed E-state index contributed by atoms with van der Waals surface area (Å²) in [7, 11) is 9.22. The Kier molecular flexibility index (Phi) is 6.88. The van der Waals surface area contributed by atoms with Gasteiger partial charge in [0.25, 0.3) is 0 Å². The van der Waals surface area contributed by atoms with Crippen molar-refractivity contribution in [1.82, 2.24) is 0 Å². The van der Waals surface area contributed by atoms with Gasteiger partial charge in [0, 0.05) is 0 Å². The number of ketones is 1. The first-order valence-electron chi connectivity index (χ1n) is 11.2. The molecule has 0 amide bonds. The van der Waals surface area contributed by atoms with Crippen molar-refractivity contribution in [2.45, 2.75) is 16.2 Å². The van der Waals surface area contributed by atoms with Crippen molar-refractivity contribution in [3.8, 4) is 0 Å². The number of carbonyl (C=O) groups is 1. The van der Waals surface area contributed by atoms with Crippen LogP contribution in [0.2, 0.25) is 0 Å². The molecule has 1 aliphatic rings. The van der Waals surface area contributed by atoms with Gasteiger partial charge < -0.3 is 14.7 Å². The zero-order valence-electron chi connectivity index (χ0n) is 21.5. The smallest absolute Gasteiger partial charge is 0.416 e. The molecule has 0 saturated heterocycles. The Balaban J connectivity index is 2.00. The summed E-state index contributed by atoms with van der Waals surface area (Å²) < 4.78 is 75.2. The van der Waals surface area contributed by atoms with Crippen LogP contribution in [0.1, 0.15) is 16.7 Å². The predicted molar refractivity (Wildman–Crippen MR) is 155 cm³/mol. The third kappa shape index (κ3) is 4.31. The van der Waals surface area contributed by atoms with Crippen LogP contribution in [0, 0.1) is 0 Å². The molecule has 2 aromatic rings. The summed E-state index contributed by atoms with van der Waals surface area (Å²) in [6.07, 6.45) is -4.56. The standard InChI is InChI=1S/C18H22B8F3NO5S/c19-8-7(9(20)11(22)12(23)10(8)21)17(25,26)36(32,33)35-13-14(31)16(24,34-15(13)30)5-1-3-6(4-2-5)18(27,28)29/h1-4H,19-26,30H2/t16-/m0/s1. The summed E-state index contributed by atoms with van der Waals surface area (Å²) in [5, 5.41) is 0. The van der Waals surface area contributed by atoms with Crippen LogP contribution < -0.4 is 33.0 Å². The largest absolute Gasteiger partial charge is 0.467 e. The van der Waals surface area contributed by atoms with Crippen molar-refractivity contribution >= 4 is 106 Å². The van der Waals surface area contributed by atoms with E-state index < -0.39 is 49.3 Å². The van der Waals surface area contributed by atoms with Crippen LogP contribution in [0.15, 0.2) is 35.9 Å². The van der Waals surface area contributed by atoms with Gasteiger partial charge in [0.2, 0.25) is 17.4 Å². The fourth-order valence-corrected chi connectivity index (χ4v) is 5.77. The number of ether oxygens (including phenoxy) is 1. The van der Waals surface area contributed by atoms with Crippen LogP contribution in [0.25, 0.3) is 0 Å². The van der Waals surface area contributed by atoms with Gasteiger partial charge in [-0.25, -0.2) is 0 Å². The molecule has 6 nitrogen and oxygen atoms in total. The highest BCUT2D eigenvalue weighted by atomic mass is 32.2. The number of Topliss-reactive ketones (excluding diaryl/α,β-unsaturated/α-hetero) is 1. The van der Waals surface area contributed by atoms with Gasteiger partial charge in [-0.2, -0.15) is 21.6 Å². The molecule has 0 aliphatic carbocycles. The number of hydrogen-bond donors (Lipinski definition) is 1. The summed E-state index contributed by atoms with van der Waals surface area (Å²) in [5.74, 6) is -2.18. The van der Waals surface area contributed by atoms with E-state index in [1.165, 1.54) is 23.5 Å². The van der Waals surface area contributed by atoms with Gasteiger partial charge in [-0.3, -0.25) is 4.79 Å². The van der Waals surface area contributed by atoms with E-state index in [4.69, 9.17) is 14.7 Å². The van der Waals surface area contributed by atoms with E-state index in [-0.39, 0.29) is 5.56 Å². The van der Waals surface area contributed by atoms with Crippen LogP contribution in [-0.2, 0) is 40.1 Å². The molecule has 0 bridgehead atoms. The summed E-state index contributed by atoms with van der Waals surface area (Å²) in [6.45, 7) is 0. The molecule has 1 heterocycles. The van der Waals surface area contributed by atoms with E-state index in [9.17, 15) is 26.4 Å². The Hall–Kier alpha value is -2.49. The zero-order valence-corrected chi connectivity index (χ0v) is 22.3. The third-order valence-electron chi connectivity index (χ3n) is 7.36. The number of carbonyl (C=O) groups excluding carboxylic acids is 1. The highest BCUT2D eigenvalue weighted by molar-refractivity contribution is 7.90. The molecule has 0 aromatic heterocycles. The maximum Gasteiger partial charge on any atom is 0.416 e. The minimum absolute atomic E-state index is 0.0650. The van der Waals surface area contributed by atoms with Crippen molar-refractivity contribution in [2.75, 3.05) is 0 Å². The van der Waals surface area contributed by atoms with Crippen molar-refractivity contribution < 1.29 is 35.3 Å². The Labute approximate surface area is 215 Å². The lowest BCUT2D eigenvalue weighted by molar-refractivity contribution is -0.137. The molecule has 0 spiro atoms. The molecular weight excluding hydrogens is 486 g/mol. The molecule has 0 saturated carbocycles. The van der Waals surface area contributed by atoms with Crippen LogP contribution in [0.4, 0.5) is 13.2 Å². The van der Waals surface area contributed by atoms with Crippen molar-refractivity contribution in [1.29, 1.82) is 0 Å². The highest BCUT2D eigenvalue weighted by Gasteiger charge is 2.51. The number of nitrogens with two attached hydrogens (primary N) is 1. The number of alkyl halides is 3. The van der Waals surface area contributed by atoms with E-state index in [0.29, 0.717) is 5.56 Å². The number of halogens is 3. The zero-order chi connectivity index (χ0) is 27.6. The van der Waals surface area contributed by atoms with Crippen molar-refractivity contribution in [3.05, 3.63) is 52.6 Å². The first-order chi connectivity index (χ1) is 16.3. The molecule has 18 heteroatoms.